The molecule has 144 valence electrons. The van der Waals surface area contributed by atoms with E-state index in [-0.39, 0.29) is 6.54 Å². The summed E-state index contributed by atoms with van der Waals surface area (Å²) in [5, 5.41) is 4.95. The van der Waals surface area contributed by atoms with Crippen molar-refractivity contribution >= 4 is 24.3 Å². The Balaban J connectivity index is 1.98. The number of hydrogen-bond acceptors (Lipinski definition) is 5. The lowest BCUT2D eigenvalue weighted by Gasteiger charge is -2.29. The second kappa shape index (κ2) is 7.91. The Kier molecular flexibility index (Phi) is 5.39. The van der Waals surface area contributed by atoms with Crippen LogP contribution in [0.3, 0.4) is 0 Å². The summed E-state index contributed by atoms with van der Waals surface area (Å²) in [5.41, 5.74) is -0.257. The van der Waals surface area contributed by atoms with Crippen molar-refractivity contribution in [3.63, 3.8) is 0 Å². The van der Waals surface area contributed by atoms with E-state index >= 15 is 0 Å². The van der Waals surface area contributed by atoms with Crippen LogP contribution < -0.4 is 10.6 Å². The van der Waals surface area contributed by atoms with Crippen molar-refractivity contribution in [2.75, 3.05) is 6.54 Å². The Bertz CT molecular complexity index is 846. The number of benzene rings is 2. The number of hydrogen-bond donors (Lipinski definition) is 2. The van der Waals surface area contributed by atoms with Crippen molar-refractivity contribution < 1.29 is 23.9 Å². The van der Waals surface area contributed by atoms with Crippen LogP contribution >= 0.6 is 0 Å². The summed E-state index contributed by atoms with van der Waals surface area (Å²) < 4.78 is 5.13. The summed E-state index contributed by atoms with van der Waals surface area (Å²) in [6.07, 6.45) is -0.794. The SMILES string of the molecule is CC(OC(=O)CNC=O)N1C(=O)NC(c2ccccc2)(c2ccccc2)C1=O. The molecule has 8 nitrogen and oxygen atoms in total. The van der Waals surface area contributed by atoms with E-state index in [2.05, 4.69) is 10.6 Å². The maximum atomic E-state index is 13.5. The van der Waals surface area contributed by atoms with Crippen LogP contribution in [0.2, 0.25) is 0 Å². The maximum Gasteiger partial charge on any atom is 0.328 e. The summed E-state index contributed by atoms with van der Waals surface area (Å²) in [6, 6.07) is 17.0. The Hall–Kier alpha value is -3.68. The van der Waals surface area contributed by atoms with Crippen LogP contribution in [0.1, 0.15) is 18.1 Å². The highest BCUT2D eigenvalue weighted by Crippen LogP contribution is 2.36. The minimum atomic E-state index is -1.43. The molecule has 8 heteroatoms. The number of rotatable bonds is 7. The number of nitrogens with one attached hydrogen (secondary N) is 2. The highest BCUT2D eigenvalue weighted by Gasteiger charge is 2.55. The molecule has 28 heavy (non-hydrogen) atoms. The van der Waals surface area contributed by atoms with Gasteiger partial charge in [-0.2, -0.15) is 0 Å². The van der Waals surface area contributed by atoms with Crippen LogP contribution in [0.25, 0.3) is 0 Å². The van der Waals surface area contributed by atoms with Crippen molar-refractivity contribution in [2.45, 2.75) is 18.7 Å². The molecule has 1 saturated heterocycles. The molecule has 3 rings (SSSR count). The maximum absolute atomic E-state index is 13.5. The predicted octanol–water partition coefficient (Wildman–Crippen LogP) is 1.12. The quantitative estimate of drug-likeness (QED) is 0.425. The molecular formula is C20H19N3O5. The van der Waals surface area contributed by atoms with E-state index in [0.29, 0.717) is 17.5 Å². The number of esters is 1. The topological polar surface area (TPSA) is 105 Å². The summed E-state index contributed by atoms with van der Waals surface area (Å²) in [6.45, 7) is 1.06. The molecule has 0 bridgehead atoms. The number of carbonyl (C=O) groups is 4. The summed E-state index contributed by atoms with van der Waals surface area (Å²) >= 11 is 0. The molecule has 0 radical (unpaired) electrons. The Labute approximate surface area is 161 Å². The number of ether oxygens (including phenoxy) is 1. The van der Waals surface area contributed by atoms with Gasteiger partial charge in [0.1, 0.15) is 6.54 Å². The fourth-order valence-corrected chi connectivity index (χ4v) is 3.22. The van der Waals surface area contributed by atoms with Crippen molar-refractivity contribution in [2.24, 2.45) is 0 Å². The second-order valence-electron chi connectivity index (χ2n) is 6.18. The van der Waals surface area contributed by atoms with E-state index < -0.39 is 29.7 Å². The molecule has 1 heterocycles. The first-order chi connectivity index (χ1) is 13.5. The molecule has 1 fully saturated rings. The van der Waals surface area contributed by atoms with Crippen LogP contribution in [0.5, 0.6) is 0 Å². The molecule has 2 N–H and O–H groups in total. The lowest BCUT2D eigenvalue weighted by molar-refractivity contribution is -0.158. The van der Waals surface area contributed by atoms with Crippen LogP contribution in [0, 0.1) is 0 Å². The van der Waals surface area contributed by atoms with Crippen molar-refractivity contribution in [1.29, 1.82) is 0 Å². The third-order valence-corrected chi connectivity index (χ3v) is 4.46. The van der Waals surface area contributed by atoms with Gasteiger partial charge in [-0.15, -0.1) is 0 Å². The largest absolute Gasteiger partial charge is 0.440 e. The van der Waals surface area contributed by atoms with Gasteiger partial charge in [0.05, 0.1) is 0 Å². The molecule has 2 aromatic rings. The number of amides is 4. The Morgan fingerprint density at radius 1 is 1.11 bits per heavy atom. The van der Waals surface area contributed by atoms with Crippen molar-refractivity contribution in [3.8, 4) is 0 Å². The van der Waals surface area contributed by atoms with E-state index in [0.717, 1.165) is 4.90 Å². The van der Waals surface area contributed by atoms with E-state index in [4.69, 9.17) is 4.74 Å². The highest BCUT2D eigenvalue weighted by atomic mass is 16.6. The molecule has 1 unspecified atom stereocenters. The predicted molar refractivity (Wildman–Crippen MR) is 98.7 cm³/mol. The van der Waals surface area contributed by atoms with Gasteiger partial charge in [0.25, 0.3) is 5.91 Å². The molecule has 4 amide bonds. The monoisotopic (exact) mass is 381 g/mol. The minimum absolute atomic E-state index is 0.357. The van der Waals surface area contributed by atoms with Crippen LogP contribution in [-0.4, -0.2) is 42.0 Å². The van der Waals surface area contributed by atoms with E-state index in [1.807, 2.05) is 12.1 Å². The zero-order valence-corrected chi connectivity index (χ0v) is 15.1. The summed E-state index contributed by atoms with van der Waals surface area (Å²) in [4.78, 5) is 49.1. The molecule has 1 aliphatic rings. The first kappa shape index (κ1) is 19.1. The standard InChI is InChI=1S/C20H19N3O5/c1-14(28-17(25)12-21-13-24)23-18(26)20(22-19(23)27,15-8-4-2-5-9-15)16-10-6-3-7-11-16/h2-11,13-14H,12H2,1H3,(H,21,24)(H,22,27). The van der Waals surface area contributed by atoms with Crippen molar-refractivity contribution in [1.82, 2.24) is 15.5 Å². The van der Waals surface area contributed by atoms with Gasteiger partial charge in [-0.25, -0.2) is 9.69 Å². The van der Waals surface area contributed by atoms with Gasteiger partial charge in [0.15, 0.2) is 11.8 Å². The first-order valence-corrected chi connectivity index (χ1v) is 8.64. The first-order valence-electron chi connectivity index (χ1n) is 8.64. The zero-order valence-electron chi connectivity index (χ0n) is 15.1. The van der Waals surface area contributed by atoms with Gasteiger partial charge < -0.3 is 15.4 Å². The molecule has 2 aromatic carbocycles. The summed E-state index contributed by atoms with van der Waals surface area (Å²) in [5.74, 6) is -1.32. The molecular weight excluding hydrogens is 362 g/mol. The van der Waals surface area contributed by atoms with Gasteiger partial charge >= 0.3 is 12.0 Å². The third-order valence-electron chi connectivity index (χ3n) is 4.46. The van der Waals surface area contributed by atoms with Gasteiger partial charge in [-0.3, -0.25) is 14.4 Å². The highest BCUT2D eigenvalue weighted by molar-refractivity contribution is 6.09. The normalized spacial score (nSPS) is 16.2. The molecule has 1 atom stereocenters. The van der Waals surface area contributed by atoms with E-state index in [1.165, 1.54) is 6.92 Å². The van der Waals surface area contributed by atoms with Gasteiger partial charge in [-0.1, -0.05) is 60.7 Å². The van der Waals surface area contributed by atoms with Crippen LogP contribution in [0.4, 0.5) is 4.79 Å². The second-order valence-corrected chi connectivity index (χ2v) is 6.18. The number of urea groups is 1. The number of carbonyl (C=O) groups excluding carboxylic acids is 4. The Morgan fingerprint density at radius 2 is 1.64 bits per heavy atom. The average molecular weight is 381 g/mol. The van der Waals surface area contributed by atoms with Gasteiger partial charge in [0, 0.05) is 0 Å². The fourth-order valence-electron chi connectivity index (χ4n) is 3.22. The lowest BCUT2D eigenvalue weighted by atomic mass is 9.82. The fraction of sp³-hybridized carbons (Fsp3) is 0.200. The average Bonchev–Trinajstić information content (AvgIpc) is 2.99. The number of imide groups is 1. The van der Waals surface area contributed by atoms with E-state index in [9.17, 15) is 19.2 Å². The van der Waals surface area contributed by atoms with Crippen molar-refractivity contribution in [3.05, 3.63) is 71.8 Å². The zero-order chi connectivity index (χ0) is 20.1. The lowest BCUT2D eigenvalue weighted by Crippen LogP contribution is -2.47. The summed E-state index contributed by atoms with van der Waals surface area (Å²) in [7, 11) is 0. The number of nitrogens with zero attached hydrogens (tertiary/aromatic N) is 1. The van der Waals surface area contributed by atoms with Crippen LogP contribution in [0.15, 0.2) is 60.7 Å². The minimum Gasteiger partial charge on any atom is -0.440 e. The molecule has 0 aliphatic carbocycles. The smallest absolute Gasteiger partial charge is 0.328 e. The molecule has 0 aromatic heterocycles. The third kappa shape index (κ3) is 3.32. The molecule has 1 aliphatic heterocycles. The molecule has 0 saturated carbocycles. The van der Waals surface area contributed by atoms with Gasteiger partial charge in [-0.05, 0) is 18.1 Å². The van der Waals surface area contributed by atoms with Crippen LogP contribution in [-0.2, 0) is 24.7 Å². The van der Waals surface area contributed by atoms with E-state index in [1.54, 1.807) is 48.5 Å². The van der Waals surface area contributed by atoms with Gasteiger partial charge in [0.2, 0.25) is 6.41 Å². The molecule has 0 spiro atoms. The Morgan fingerprint density at radius 3 is 2.14 bits per heavy atom.